The van der Waals surface area contributed by atoms with Crippen LogP contribution in [-0.4, -0.2) is 35.4 Å². The number of aliphatic carboxylic acids is 2. The molecule has 0 aromatic heterocycles. The third kappa shape index (κ3) is 12.7. The van der Waals surface area contributed by atoms with Gasteiger partial charge in [-0.15, -0.1) is 0 Å². The maximum atomic E-state index is 10.5. The quantitative estimate of drug-likeness (QED) is 0.279. The lowest BCUT2D eigenvalue weighted by molar-refractivity contribution is -0.295. The van der Waals surface area contributed by atoms with Gasteiger partial charge in [-0.05, 0) is 12.8 Å². The van der Waals surface area contributed by atoms with Crippen LogP contribution in [0.15, 0.2) is 24.3 Å². The molecule has 6 heteroatoms. The first-order valence-electron chi connectivity index (χ1n) is 9.59. The molecule has 0 radical (unpaired) electrons. The molecule has 0 amide bonds. The van der Waals surface area contributed by atoms with E-state index in [2.05, 4.69) is 13.8 Å². The first kappa shape index (κ1) is 24.3. The van der Waals surface area contributed by atoms with E-state index in [9.17, 15) is 9.59 Å². The second kappa shape index (κ2) is 16.8. The van der Waals surface area contributed by atoms with Crippen molar-refractivity contribution in [3.63, 3.8) is 0 Å². The maximum Gasteiger partial charge on any atom is 0.311 e. The van der Waals surface area contributed by atoms with Crippen molar-refractivity contribution in [1.82, 2.24) is 0 Å². The van der Waals surface area contributed by atoms with E-state index in [-0.39, 0.29) is 0 Å². The SMILES string of the molecule is CCCCCCOOCCCCCC.O=C(O)C1C=CC=CC1C(=O)O. The van der Waals surface area contributed by atoms with Gasteiger partial charge in [-0.3, -0.25) is 9.59 Å². The Morgan fingerprint density at radius 3 is 1.42 bits per heavy atom. The van der Waals surface area contributed by atoms with E-state index in [1.807, 2.05) is 0 Å². The number of unbranched alkanes of at least 4 members (excludes halogenated alkanes) is 6. The van der Waals surface area contributed by atoms with Crippen molar-refractivity contribution in [2.75, 3.05) is 13.2 Å². The topological polar surface area (TPSA) is 93.1 Å². The smallest absolute Gasteiger partial charge is 0.311 e. The molecule has 0 aromatic rings. The normalized spacial score (nSPS) is 18.2. The van der Waals surface area contributed by atoms with Crippen LogP contribution < -0.4 is 0 Å². The summed E-state index contributed by atoms with van der Waals surface area (Å²) >= 11 is 0. The van der Waals surface area contributed by atoms with E-state index >= 15 is 0 Å². The van der Waals surface area contributed by atoms with Crippen LogP contribution in [0.1, 0.15) is 65.2 Å². The van der Waals surface area contributed by atoms with E-state index in [0.717, 1.165) is 26.1 Å². The van der Waals surface area contributed by atoms with Gasteiger partial charge in [-0.2, -0.15) is 0 Å². The molecule has 150 valence electrons. The number of carboxylic acids is 2. The van der Waals surface area contributed by atoms with Crippen LogP contribution in [0.25, 0.3) is 0 Å². The van der Waals surface area contributed by atoms with Gasteiger partial charge < -0.3 is 10.2 Å². The van der Waals surface area contributed by atoms with Crippen molar-refractivity contribution in [2.45, 2.75) is 65.2 Å². The number of carbonyl (C=O) groups is 2. The van der Waals surface area contributed by atoms with Gasteiger partial charge in [0.15, 0.2) is 0 Å². The zero-order chi connectivity index (χ0) is 19.6. The molecule has 0 saturated carbocycles. The standard InChI is InChI=1S/C12H26O2.C8H8O4/c1-3-5-7-9-11-13-14-12-10-8-6-4-2;9-7(10)5-3-1-2-4-6(5)8(11)12/h3-12H2,1-2H3;1-6H,(H,9,10)(H,11,12). The molecule has 26 heavy (non-hydrogen) atoms. The molecule has 0 heterocycles. The Balaban J connectivity index is 0.000000485. The maximum absolute atomic E-state index is 10.5. The minimum absolute atomic E-state index is 0.758. The summed E-state index contributed by atoms with van der Waals surface area (Å²) in [6.07, 6.45) is 15.8. The van der Waals surface area contributed by atoms with Crippen molar-refractivity contribution in [1.29, 1.82) is 0 Å². The molecule has 1 rings (SSSR count). The highest BCUT2D eigenvalue weighted by Crippen LogP contribution is 2.19. The second-order valence-corrected chi connectivity index (χ2v) is 6.26. The van der Waals surface area contributed by atoms with Gasteiger partial charge in [-0.1, -0.05) is 76.7 Å². The fraction of sp³-hybridized carbons (Fsp3) is 0.700. The Labute approximate surface area is 156 Å². The average Bonchev–Trinajstić information content (AvgIpc) is 2.64. The minimum atomic E-state index is -1.11. The molecule has 2 atom stereocenters. The van der Waals surface area contributed by atoms with Crippen LogP contribution in [0, 0.1) is 11.8 Å². The molecule has 0 fully saturated rings. The van der Waals surface area contributed by atoms with Gasteiger partial charge in [0.2, 0.25) is 0 Å². The summed E-state index contributed by atoms with van der Waals surface area (Å²) < 4.78 is 0. The van der Waals surface area contributed by atoms with Crippen molar-refractivity contribution in [2.24, 2.45) is 11.8 Å². The summed E-state index contributed by atoms with van der Waals surface area (Å²) in [6.45, 7) is 5.94. The highest BCUT2D eigenvalue weighted by atomic mass is 17.2. The van der Waals surface area contributed by atoms with Gasteiger partial charge in [0.25, 0.3) is 0 Å². The van der Waals surface area contributed by atoms with Gasteiger partial charge >= 0.3 is 11.9 Å². The molecule has 2 unspecified atom stereocenters. The predicted molar refractivity (Wildman–Crippen MR) is 101 cm³/mol. The highest BCUT2D eigenvalue weighted by molar-refractivity contribution is 5.83. The Morgan fingerprint density at radius 2 is 1.12 bits per heavy atom. The summed E-state index contributed by atoms with van der Waals surface area (Å²) in [7, 11) is 0. The van der Waals surface area contributed by atoms with Crippen LogP contribution in [-0.2, 0) is 19.4 Å². The first-order valence-corrected chi connectivity index (χ1v) is 9.59. The predicted octanol–water partition coefficient (Wildman–Crippen LogP) is 4.61. The number of hydrogen-bond acceptors (Lipinski definition) is 4. The molecular formula is C20H34O6. The summed E-state index contributed by atoms with van der Waals surface area (Å²) in [5.74, 6) is -4.09. The second-order valence-electron chi connectivity index (χ2n) is 6.26. The fourth-order valence-electron chi connectivity index (χ4n) is 2.37. The third-order valence-electron chi connectivity index (χ3n) is 3.95. The van der Waals surface area contributed by atoms with Crippen LogP contribution >= 0.6 is 0 Å². The molecule has 0 bridgehead atoms. The molecule has 0 aromatic carbocycles. The summed E-state index contributed by atoms with van der Waals surface area (Å²) in [6, 6.07) is 0. The first-order chi connectivity index (χ1) is 12.5. The van der Waals surface area contributed by atoms with E-state index in [1.54, 1.807) is 0 Å². The molecule has 6 nitrogen and oxygen atoms in total. The Hall–Kier alpha value is -1.66. The highest BCUT2D eigenvalue weighted by Gasteiger charge is 2.30. The lowest BCUT2D eigenvalue weighted by Gasteiger charge is -2.15. The number of hydrogen-bond donors (Lipinski definition) is 2. The zero-order valence-corrected chi connectivity index (χ0v) is 16.1. The van der Waals surface area contributed by atoms with Gasteiger partial charge in [0.1, 0.15) is 0 Å². The number of allylic oxidation sites excluding steroid dienone is 2. The molecule has 1 aliphatic rings. The molecule has 0 spiro atoms. The lowest BCUT2D eigenvalue weighted by atomic mass is 9.89. The van der Waals surface area contributed by atoms with Crippen LogP contribution in [0.3, 0.4) is 0 Å². The van der Waals surface area contributed by atoms with Crippen molar-refractivity contribution in [3.8, 4) is 0 Å². The van der Waals surface area contributed by atoms with Crippen LogP contribution in [0.5, 0.6) is 0 Å². The molecule has 0 aliphatic heterocycles. The third-order valence-corrected chi connectivity index (χ3v) is 3.95. The Bertz CT molecular complexity index is 390. The van der Waals surface area contributed by atoms with Gasteiger partial charge in [0.05, 0.1) is 25.0 Å². The van der Waals surface area contributed by atoms with E-state index in [1.165, 1.54) is 62.8 Å². The molecule has 0 saturated heterocycles. The van der Waals surface area contributed by atoms with Gasteiger partial charge in [0, 0.05) is 0 Å². The van der Waals surface area contributed by atoms with Crippen LogP contribution in [0.4, 0.5) is 0 Å². The molecular weight excluding hydrogens is 336 g/mol. The van der Waals surface area contributed by atoms with Crippen molar-refractivity contribution < 1.29 is 29.6 Å². The fourth-order valence-corrected chi connectivity index (χ4v) is 2.37. The monoisotopic (exact) mass is 370 g/mol. The van der Waals surface area contributed by atoms with Crippen molar-refractivity contribution >= 4 is 11.9 Å². The molecule has 1 aliphatic carbocycles. The summed E-state index contributed by atoms with van der Waals surface area (Å²) in [5.41, 5.74) is 0. The molecule has 2 N–H and O–H groups in total. The zero-order valence-electron chi connectivity index (χ0n) is 16.1. The van der Waals surface area contributed by atoms with Crippen molar-refractivity contribution in [3.05, 3.63) is 24.3 Å². The summed E-state index contributed by atoms with van der Waals surface area (Å²) in [5, 5.41) is 17.2. The lowest BCUT2D eigenvalue weighted by Crippen LogP contribution is -2.27. The largest absolute Gasteiger partial charge is 0.481 e. The van der Waals surface area contributed by atoms with Gasteiger partial charge in [-0.25, -0.2) is 9.78 Å². The van der Waals surface area contributed by atoms with E-state index in [0.29, 0.717) is 0 Å². The van der Waals surface area contributed by atoms with E-state index < -0.39 is 23.8 Å². The number of carboxylic acid groups (broad SMARTS) is 2. The number of rotatable bonds is 13. The Morgan fingerprint density at radius 1 is 0.731 bits per heavy atom. The Kier molecular flexibility index (Phi) is 15.7. The summed E-state index contributed by atoms with van der Waals surface area (Å²) in [4.78, 5) is 31.2. The minimum Gasteiger partial charge on any atom is -0.481 e. The average molecular weight is 370 g/mol. The van der Waals surface area contributed by atoms with E-state index in [4.69, 9.17) is 20.0 Å². The van der Waals surface area contributed by atoms with Crippen LogP contribution in [0.2, 0.25) is 0 Å².